The molecule has 234 valence electrons. The molecular formula is C34H38N6O5. The van der Waals surface area contributed by atoms with Gasteiger partial charge in [0.2, 0.25) is 17.6 Å². The number of allylic oxidation sites excluding steroid dienone is 1. The molecule has 2 aliphatic heterocycles. The van der Waals surface area contributed by atoms with Crippen LogP contribution in [-0.4, -0.2) is 72.1 Å². The molecule has 2 fully saturated rings. The van der Waals surface area contributed by atoms with Crippen molar-refractivity contribution in [2.24, 2.45) is 0 Å². The first-order valence-corrected chi connectivity index (χ1v) is 15.4. The van der Waals surface area contributed by atoms with Crippen molar-refractivity contribution >= 4 is 40.2 Å². The lowest BCUT2D eigenvalue weighted by molar-refractivity contribution is -0.140. The van der Waals surface area contributed by atoms with Crippen LogP contribution in [0.2, 0.25) is 0 Å². The number of carbonyl (C=O) groups excluding carboxylic acids is 4. The molecular weight excluding hydrogens is 572 g/mol. The third-order valence-corrected chi connectivity index (χ3v) is 8.13. The molecule has 3 amide bonds. The average Bonchev–Trinajstić information content (AvgIpc) is 3.67. The van der Waals surface area contributed by atoms with E-state index in [2.05, 4.69) is 16.0 Å². The van der Waals surface area contributed by atoms with Gasteiger partial charge in [0.25, 0.3) is 5.91 Å². The summed E-state index contributed by atoms with van der Waals surface area (Å²) in [7, 11) is 0. The normalized spacial score (nSPS) is 17.4. The molecule has 11 heteroatoms. The first kappa shape index (κ1) is 31.3. The number of rotatable bonds is 10. The number of furan rings is 1. The SMILES string of the molecule is CCNC(=O)c1ccc(C(=O)C(C#N)=C(Nc2ccc3oc(C)cc3c2)N[C@H]2CCCCN(CC(=O)N3CCCC3)C2=O)cc1. The van der Waals surface area contributed by atoms with Gasteiger partial charge in [-0.1, -0.05) is 12.1 Å². The molecule has 3 N–H and O–H groups in total. The third-order valence-electron chi connectivity index (χ3n) is 8.13. The van der Waals surface area contributed by atoms with Gasteiger partial charge in [0, 0.05) is 48.4 Å². The summed E-state index contributed by atoms with van der Waals surface area (Å²) in [6, 6.07) is 14.6. The highest BCUT2D eigenvalue weighted by atomic mass is 16.3. The highest BCUT2D eigenvalue weighted by molar-refractivity contribution is 6.12. The van der Waals surface area contributed by atoms with Crippen molar-refractivity contribution < 1.29 is 23.6 Å². The van der Waals surface area contributed by atoms with Crippen molar-refractivity contribution in [3.05, 3.63) is 76.8 Å². The molecule has 2 aliphatic rings. The van der Waals surface area contributed by atoms with Gasteiger partial charge in [0.05, 0.1) is 6.54 Å². The molecule has 0 bridgehead atoms. The van der Waals surface area contributed by atoms with Crippen LogP contribution in [0.25, 0.3) is 11.0 Å². The van der Waals surface area contributed by atoms with Gasteiger partial charge in [-0.3, -0.25) is 19.2 Å². The summed E-state index contributed by atoms with van der Waals surface area (Å²) in [6.07, 6.45) is 3.86. The second-order valence-electron chi connectivity index (χ2n) is 11.4. The summed E-state index contributed by atoms with van der Waals surface area (Å²) in [4.78, 5) is 56.1. The van der Waals surface area contributed by atoms with E-state index >= 15 is 0 Å². The van der Waals surface area contributed by atoms with Gasteiger partial charge < -0.3 is 30.2 Å². The second-order valence-corrected chi connectivity index (χ2v) is 11.4. The molecule has 0 spiro atoms. The van der Waals surface area contributed by atoms with Gasteiger partial charge >= 0.3 is 0 Å². The number of hydrogen-bond acceptors (Lipinski definition) is 8. The van der Waals surface area contributed by atoms with E-state index in [1.165, 1.54) is 24.3 Å². The molecule has 0 radical (unpaired) electrons. The summed E-state index contributed by atoms with van der Waals surface area (Å²) >= 11 is 0. The summed E-state index contributed by atoms with van der Waals surface area (Å²) < 4.78 is 5.69. The minimum Gasteiger partial charge on any atom is -0.461 e. The lowest BCUT2D eigenvalue weighted by Gasteiger charge is -2.28. The largest absolute Gasteiger partial charge is 0.461 e. The number of fused-ring (bicyclic) bond motifs is 1. The number of nitrogens with zero attached hydrogens (tertiary/aromatic N) is 3. The Labute approximate surface area is 262 Å². The molecule has 0 saturated carbocycles. The smallest absolute Gasteiger partial charge is 0.251 e. The van der Waals surface area contributed by atoms with Crippen LogP contribution in [0.5, 0.6) is 0 Å². The van der Waals surface area contributed by atoms with E-state index in [0.29, 0.717) is 49.4 Å². The summed E-state index contributed by atoms with van der Waals surface area (Å²) in [5.41, 5.74) is 1.66. The van der Waals surface area contributed by atoms with Gasteiger partial charge in [-0.15, -0.1) is 0 Å². The number of nitrogens with one attached hydrogen (secondary N) is 3. The molecule has 1 aromatic heterocycles. The van der Waals surface area contributed by atoms with Gasteiger partial charge in [-0.25, -0.2) is 0 Å². The number of likely N-dealkylation sites (tertiary alicyclic amines) is 2. The number of aryl methyl sites for hydroxylation is 1. The van der Waals surface area contributed by atoms with E-state index in [0.717, 1.165) is 36.8 Å². The Hall–Kier alpha value is -5.11. The molecule has 3 heterocycles. The van der Waals surface area contributed by atoms with E-state index < -0.39 is 11.8 Å². The number of hydrogen-bond donors (Lipinski definition) is 3. The number of nitriles is 1. The Balaban J connectivity index is 1.46. The van der Waals surface area contributed by atoms with Crippen LogP contribution in [0.1, 0.15) is 65.5 Å². The maximum Gasteiger partial charge on any atom is 0.251 e. The molecule has 5 rings (SSSR count). The lowest BCUT2D eigenvalue weighted by Crippen LogP contribution is -2.49. The van der Waals surface area contributed by atoms with Crippen molar-refractivity contribution in [1.29, 1.82) is 5.26 Å². The Morgan fingerprint density at radius 2 is 1.69 bits per heavy atom. The predicted molar refractivity (Wildman–Crippen MR) is 169 cm³/mol. The zero-order chi connectivity index (χ0) is 31.9. The highest BCUT2D eigenvalue weighted by Gasteiger charge is 2.32. The highest BCUT2D eigenvalue weighted by Crippen LogP contribution is 2.25. The molecule has 11 nitrogen and oxygen atoms in total. The Bertz CT molecular complexity index is 1660. The van der Waals surface area contributed by atoms with Crippen molar-refractivity contribution in [2.75, 3.05) is 38.0 Å². The molecule has 3 aromatic rings. The van der Waals surface area contributed by atoms with Crippen LogP contribution in [0.15, 0.2) is 64.3 Å². The summed E-state index contributed by atoms with van der Waals surface area (Å²) in [5.74, 6) is -0.327. The van der Waals surface area contributed by atoms with Crippen LogP contribution in [0, 0.1) is 18.3 Å². The van der Waals surface area contributed by atoms with Gasteiger partial charge in [-0.2, -0.15) is 5.26 Å². The Morgan fingerprint density at radius 1 is 0.978 bits per heavy atom. The molecule has 2 aromatic carbocycles. The number of anilines is 1. The molecule has 45 heavy (non-hydrogen) atoms. The van der Waals surface area contributed by atoms with E-state index in [9.17, 15) is 24.4 Å². The summed E-state index contributed by atoms with van der Waals surface area (Å²) in [6.45, 7) is 6.01. The second kappa shape index (κ2) is 14.1. The van der Waals surface area contributed by atoms with Crippen LogP contribution >= 0.6 is 0 Å². The average molecular weight is 611 g/mol. The molecule has 0 unspecified atom stereocenters. The lowest BCUT2D eigenvalue weighted by atomic mass is 10.0. The standard InChI is InChI=1S/C34H38N6O5/c1-3-36-33(43)24-11-9-23(10-12-24)31(42)27(20-35)32(37-26-13-14-29-25(19-26)18-22(2)45-29)38-28-8-4-5-17-40(34(28)44)21-30(41)39-15-6-7-16-39/h9-14,18-19,28,37-38H,3-8,15-17,21H2,1-2H3,(H,36,43)/t28-/m0/s1. The maximum atomic E-state index is 13.8. The fourth-order valence-corrected chi connectivity index (χ4v) is 5.77. The number of benzene rings is 2. The Morgan fingerprint density at radius 3 is 2.40 bits per heavy atom. The van der Waals surface area contributed by atoms with Gasteiger partial charge in [0.1, 0.15) is 34.8 Å². The maximum absolute atomic E-state index is 13.8. The van der Waals surface area contributed by atoms with Gasteiger partial charge in [0.15, 0.2) is 0 Å². The van der Waals surface area contributed by atoms with Crippen LogP contribution in [0.4, 0.5) is 5.69 Å². The first-order chi connectivity index (χ1) is 21.8. The molecule has 0 aliphatic carbocycles. The Kier molecular flexibility index (Phi) is 9.82. The van der Waals surface area contributed by atoms with Crippen molar-refractivity contribution in [3.63, 3.8) is 0 Å². The minimum atomic E-state index is -0.766. The number of carbonyl (C=O) groups is 4. The monoisotopic (exact) mass is 610 g/mol. The number of Topliss-reactive ketones (excluding diaryl/α,β-unsaturated/α-hetero) is 1. The predicted octanol–water partition coefficient (Wildman–Crippen LogP) is 4.11. The fraction of sp³-hybridized carbons (Fsp3) is 0.382. The van der Waals surface area contributed by atoms with Crippen molar-refractivity contribution in [3.8, 4) is 6.07 Å². The summed E-state index contributed by atoms with van der Waals surface area (Å²) in [5, 5.41) is 20.2. The third kappa shape index (κ3) is 7.34. The zero-order valence-corrected chi connectivity index (χ0v) is 25.7. The zero-order valence-electron chi connectivity index (χ0n) is 25.7. The first-order valence-electron chi connectivity index (χ1n) is 15.4. The van der Waals surface area contributed by atoms with Crippen molar-refractivity contribution in [1.82, 2.24) is 20.4 Å². The van der Waals surface area contributed by atoms with Crippen LogP contribution in [-0.2, 0) is 9.59 Å². The van der Waals surface area contributed by atoms with E-state index in [1.54, 1.807) is 21.9 Å². The number of amides is 3. The number of ketones is 1. The topological polar surface area (TPSA) is 148 Å². The van der Waals surface area contributed by atoms with Gasteiger partial charge in [-0.05, 0) is 82.3 Å². The van der Waals surface area contributed by atoms with Crippen molar-refractivity contribution in [2.45, 2.75) is 52.0 Å². The fourth-order valence-electron chi connectivity index (χ4n) is 5.77. The quantitative estimate of drug-likeness (QED) is 0.177. The van der Waals surface area contributed by atoms with Crippen LogP contribution in [0.3, 0.4) is 0 Å². The van der Waals surface area contributed by atoms with E-state index in [-0.39, 0.29) is 41.2 Å². The van der Waals surface area contributed by atoms with E-state index in [4.69, 9.17) is 4.42 Å². The van der Waals surface area contributed by atoms with E-state index in [1.807, 2.05) is 32.0 Å². The van der Waals surface area contributed by atoms with Crippen LogP contribution < -0.4 is 16.0 Å². The minimum absolute atomic E-state index is 0.00198. The molecule has 2 saturated heterocycles. The molecule has 1 atom stereocenters.